The fourth-order valence-electron chi connectivity index (χ4n) is 4.06. The minimum absolute atomic E-state index is 0.0833. The van der Waals surface area contributed by atoms with Gasteiger partial charge in [-0.1, -0.05) is 59.9 Å². The van der Waals surface area contributed by atoms with E-state index in [1.54, 1.807) is 19.1 Å². The smallest absolute Gasteiger partial charge is 0.326 e. The molecule has 2 heterocycles. The molecule has 0 radical (unpaired) electrons. The van der Waals surface area contributed by atoms with Crippen molar-refractivity contribution in [3.63, 3.8) is 0 Å². The van der Waals surface area contributed by atoms with E-state index in [4.69, 9.17) is 14.9 Å². The van der Waals surface area contributed by atoms with E-state index in [1.165, 1.54) is 22.8 Å². The second-order valence-electron chi connectivity index (χ2n) is 8.31. The number of benzene rings is 3. The van der Waals surface area contributed by atoms with Gasteiger partial charge in [0.15, 0.2) is 4.80 Å². The van der Waals surface area contributed by atoms with Crippen LogP contribution in [0.25, 0.3) is 32.4 Å². The van der Waals surface area contributed by atoms with E-state index >= 15 is 0 Å². The monoisotopic (exact) mass is 546 g/mol. The molecule has 0 saturated heterocycles. The van der Waals surface area contributed by atoms with E-state index in [0.29, 0.717) is 32.4 Å². The lowest BCUT2D eigenvalue weighted by Crippen LogP contribution is -2.23. The first-order valence-corrected chi connectivity index (χ1v) is 14.0. The number of aromatic nitrogens is 2. The number of hydrogen-bond acceptors (Lipinski definition) is 7. The number of ether oxygens (including phenoxy) is 1. The molecule has 5 aromatic rings. The van der Waals surface area contributed by atoms with Crippen LogP contribution in [0.2, 0.25) is 0 Å². The number of esters is 1. The topological polar surface area (TPSA) is 134 Å². The molecule has 0 aliphatic heterocycles. The van der Waals surface area contributed by atoms with Crippen LogP contribution in [0, 0.1) is 0 Å². The minimum atomic E-state index is -3.95. The fourth-order valence-corrected chi connectivity index (χ4v) is 5.74. The van der Waals surface area contributed by atoms with E-state index in [0.717, 1.165) is 16.9 Å². The van der Waals surface area contributed by atoms with E-state index in [9.17, 15) is 18.0 Å². The standard InChI is InChI=1S/C27H22N4O5S2/c1-2-36-25(32)16-31-23-13-12-18(38(28,34)35)14-24(23)37-27(31)30-26(33)20-15-22(17-8-4-3-5-9-17)29-21-11-7-6-10-19(20)21/h3-15H,2,16H2,1H3,(H2,28,34,35). The summed E-state index contributed by atoms with van der Waals surface area (Å²) in [4.78, 5) is 35.2. The fraction of sp³-hybridized carbons (Fsp3) is 0.111. The van der Waals surface area contributed by atoms with Crippen LogP contribution in [0.1, 0.15) is 17.3 Å². The summed E-state index contributed by atoms with van der Waals surface area (Å²) in [5.74, 6) is -1.05. The maximum absolute atomic E-state index is 13.6. The molecule has 5 rings (SSSR count). The first-order valence-electron chi connectivity index (χ1n) is 11.6. The molecule has 2 N–H and O–H groups in total. The van der Waals surface area contributed by atoms with Gasteiger partial charge in [0.1, 0.15) is 6.54 Å². The van der Waals surface area contributed by atoms with Crippen LogP contribution < -0.4 is 9.94 Å². The summed E-state index contributed by atoms with van der Waals surface area (Å²) >= 11 is 1.08. The summed E-state index contributed by atoms with van der Waals surface area (Å²) in [7, 11) is -3.95. The van der Waals surface area contributed by atoms with Crippen LogP contribution in [-0.4, -0.2) is 36.5 Å². The number of primary sulfonamides is 1. The Balaban J connectivity index is 1.70. The molecule has 192 valence electrons. The summed E-state index contributed by atoms with van der Waals surface area (Å²) in [5.41, 5.74) is 2.98. The van der Waals surface area contributed by atoms with Crippen LogP contribution in [0.3, 0.4) is 0 Å². The number of rotatable bonds is 6. The lowest BCUT2D eigenvalue weighted by Gasteiger charge is -2.08. The predicted octanol–water partition coefficient (Wildman–Crippen LogP) is 3.87. The summed E-state index contributed by atoms with van der Waals surface area (Å²) in [6.07, 6.45) is 0. The van der Waals surface area contributed by atoms with Crippen molar-refractivity contribution in [1.82, 2.24) is 9.55 Å². The van der Waals surface area contributed by atoms with Crippen molar-refractivity contribution >= 4 is 54.4 Å². The van der Waals surface area contributed by atoms with Crippen molar-refractivity contribution in [2.45, 2.75) is 18.4 Å². The highest BCUT2D eigenvalue weighted by Gasteiger charge is 2.18. The zero-order valence-corrected chi connectivity index (χ0v) is 21.8. The van der Waals surface area contributed by atoms with Crippen molar-refractivity contribution in [3.05, 3.63) is 89.2 Å². The van der Waals surface area contributed by atoms with Gasteiger partial charge in [0, 0.05) is 10.9 Å². The second kappa shape index (κ2) is 10.3. The first kappa shape index (κ1) is 25.5. The Morgan fingerprint density at radius 2 is 1.76 bits per heavy atom. The number of pyridine rings is 1. The van der Waals surface area contributed by atoms with Gasteiger partial charge in [0.05, 0.1) is 38.5 Å². The number of hydrogen-bond donors (Lipinski definition) is 1. The summed E-state index contributed by atoms with van der Waals surface area (Å²) in [5, 5.41) is 5.93. The number of amides is 1. The van der Waals surface area contributed by atoms with Gasteiger partial charge in [0.25, 0.3) is 5.91 Å². The molecule has 1 amide bonds. The van der Waals surface area contributed by atoms with E-state index in [2.05, 4.69) is 4.99 Å². The van der Waals surface area contributed by atoms with Crippen LogP contribution in [0.5, 0.6) is 0 Å². The number of carbonyl (C=O) groups excluding carboxylic acids is 2. The Kier molecular flexibility index (Phi) is 6.89. The quantitative estimate of drug-likeness (QED) is 0.322. The molecule has 0 spiro atoms. The first-order chi connectivity index (χ1) is 18.2. The normalized spacial score (nSPS) is 12.2. The second-order valence-corrected chi connectivity index (χ2v) is 10.9. The maximum Gasteiger partial charge on any atom is 0.326 e. The Labute approximate surface area is 221 Å². The van der Waals surface area contributed by atoms with Gasteiger partial charge >= 0.3 is 5.97 Å². The Hall–Kier alpha value is -4.19. The molecular weight excluding hydrogens is 524 g/mol. The molecule has 0 unspecified atom stereocenters. The lowest BCUT2D eigenvalue weighted by atomic mass is 10.0. The molecule has 2 aromatic heterocycles. The van der Waals surface area contributed by atoms with Crippen LogP contribution in [0.4, 0.5) is 0 Å². The number of sulfonamides is 1. The van der Waals surface area contributed by atoms with Crippen molar-refractivity contribution in [3.8, 4) is 11.3 Å². The minimum Gasteiger partial charge on any atom is -0.465 e. The third-order valence-electron chi connectivity index (χ3n) is 5.79. The lowest BCUT2D eigenvalue weighted by molar-refractivity contribution is -0.143. The maximum atomic E-state index is 13.6. The Bertz CT molecular complexity index is 1880. The third-order valence-corrected chi connectivity index (χ3v) is 7.74. The SMILES string of the molecule is CCOC(=O)Cn1c(=NC(=O)c2cc(-c3ccccc3)nc3ccccc23)sc2cc(S(N)(=O)=O)ccc21. The molecule has 0 atom stereocenters. The van der Waals surface area contributed by atoms with Gasteiger partial charge < -0.3 is 9.30 Å². The van der Waals surface area contributed by atoms with E-state index in [-0.39, 0.29) is 22.8 Å². The number of thiazole rings is 1. The average Bonchev–Trinajstić information content (AvgIpc) is 3.23. The highest BCUT2D eigenvalue weighted by atomic mass is 32.2. The number of carbonyl (C=O) groups is 2. The van der Waals surface area contributed by atoms with Gasteiger partial charge in [-0.3, -0.25) is 9.59 Å². The summed E-state index contributed by atoms with van der Waals surface area (Å²) < 4.78 is 30.9. The Morgan fingerprint density at radius 3 is 2.50 bits per heavy atom. The highest BCUT2D eigenvalue weighted by Crippen LogP contribution is 2.26. The third kappa shape index (κ3) is 5.12. The van der Waals surface area contributed by atoms with Gasteiger partial charge in [-0.2, -0.15) is 4.99 Å². The molecule has 38 heavy (non-hydrogen) atoms. The summed E-state index contributed by atoms with van der Waals surface area (Å²) in [6, 6.07) is 22.8. The zero-order valence-electron chi connectivity index (χ0n) is 20.2. The molecule has 3 aromatic carbocycles. The molecule has 0 saturated carbocycles. The number of fused-ring (bicyclic) bond motifs is 2. The largest absolute Gasteiger partial charge is 0.465 e. The van der Waals surface area contributed by atoms with Crippen LogP contribution >= 0.6 is 11.3 Å². The molecule has 0 bridgehead atoms. The molecule has 0 fully saturated rings. The predicted molar refractivity (Wildman–Crippen MR) is 145 cm³/mol. The number of nitrogens with two attached hydrogens (primary N) is 1. The zero-order chi connectivity index (χ0) is 26.9. The van der Waals surface area contributed by atoms with Gasteiger partial charge in [0.2, 0.25) is 10.0 Å². The van der Waals surface area contributed by atoms with E-state index < -0.39 is 21.9 Å². The van der Waals surface area contributed by atoms with Crippen molar-refractivity contribution in [2.24, 2.45) is 10.1 Å². The highest BCUT2D eigenvalue weighted by molar-refractivity contribution is 7.89. The van der Waals surface area contributed by atoms with Gasteiger partial charge in [-0.15, -0.1) is 0 Å². The van der Waals surface area contributed by atoms with Crippen molar-refractivity contribution < 1.29 is 22.7 Å². The molecular formula is C27H22N4O5S2. The van der Waals surface area contributed by atoms with Crippen molar-refractivity contribution in [2.75, 3.05) is 6.61 Å². The van der Waals surface area contributed by atoms with E-state index in [1.807, 2.05) is 48.5 Å². The molecule has 11 heteroatoms. The number of nitrogens with zero attached hydrogens (tertiary/aromatic N) is 3. The van der Waals surface area contributed by atoms with Crippen molar-refractivity contribution in [1.29, 1.82) is 0 Å². The average molecular weight is 547 g/mol. The molecule has 0 aliphatic rings. The van der Waals surface area contributed by atoms with Crippen LogP contribution in [-0.2, 0) is 26.1 Å². The summed E-state index contributed by atoms with van der Waals surface area (Å²) in [6.45, 7) is 1.68. The van der Waals surface area contributed by atoms with Crippen LogP contribution in [0.15, 0.2) is 88.8 Å². The molecule has 9 nitrogen and oxygen atoms in total. The number of para-hydroxylation sites is 1. The van der Waals surface area contributed by atoms with Gasteiger partial charge in [-0.05, 0) is 37.3 Å². The van der Waals surface area contributed by atoms with Gasteiger partial charge in [-0.25, -0.2) is 18.5 Å². The molecule has 0 aliphatic carbocycles. The Morgan fingerprint density at radius 1 is 1.03 bits per heavy atom.